The van der Waals surface area contributed by atoms with Gasteiger partial charge in [-0.2, -0.15) is 0 Å². The number of amides is 1. The number of aliphatic hydroxyl groups is 1. The van der Waals surface area contributed by atoms with E-state index in [-0.39, 0.29) is 12.5 Å². The summed E-state index contributed by atoms with van der Waals surface area (Å²) in [6.45, 7) is 3.99. The van der Waals surface area contributed by atoms with Crippen molar-refractivity contribution in [1.29, 1.82) is 0 Å². The van der Waals surface area contributed by atoms with E-state index >= 15 is 0 Å². The molecule has 0 aliphatic rings. The number of rotatable bonds is 5. The molecule has 2 atom stereocenters. The number of nitrogens with one attached hydrogen (secondary N) is 1. The third kappa shape index (κ3) is 5.90. The minimum Gasteiger partial charge on any atom is -0.387 e. The maximum absolute atomic E-state index is 11.1. The highest BCUT2D eigenvalue weighted by molar-refractivity contribution is 5.80. The molecule has 0 aliphatic heterocycles. The molecule has 0 aromatic carbocycles. The molecular formula is C9H21N3O2. The second-order valence-electron chi connectivity index (χ2n) is 4.24. The van der Waals surface area contributed by atoms with E-state index in [2.05, 4.69) is 5.32 Å². The molecule has 0 aliphatic carbocycles. The molecule has 14 heavy (non-hydrogen) atoms. The highest BCUT2D eigenvalue weighted by Crippen LogP contribution is 2.02. The summed E-state index contributed by atoms with van der Waals surface area (Å²) in [5.41, 5.74) is 4.44. The zero-order valence-electron chi connectivity index (χ0n) is 9.37. The average molecular weight is 203 g/mol. The molecule has 0 fully saturated rings. The lowest BCUT2D eigenvalue weighted by atomic mass is 10.1. The van der Waals surface area contributed by atoms with Crippen molar-refractivity contribution in [2.75, 3.05) is 27.2 Å². The van der Waals surface area contributed by atoms with Crippen LogP contribution in [0.1, 0.15) is 13.8 Å². The number of hydrogen-bond acceptors (Lipinski definition) is 4. The van der Waals surface area contributed by atoms with E-state index in [4.69, 9.17) is 5.73 Å². The standard InChI is InChI=1S/C9H21N3O2/c1-7(10)8(13)11-5-9(2,14)6-12(3)4/h7,14H,5-6,10H2,1-4H3,(H,11,13)/t7-,9?/m1/s1. The number of likely N-dealkylation sites (N-methyl/N-ethyl adjacent to an activating group) is 1. The van der Waals surface area contributed by atoms with Crippen LogP contribution in [0.15, 0.2) is 0 Å². The molecule has 5 nitrogen and oxygen atoms in total. The smallest absolute Gasteiger partial charge is 0.236 e. The van der Waals surface area contributed by atoms with Crippen LogP contribution in [0, 0.1) is 0 Å². The lowest BCUT2D eigenvalue weighted by Crippen LogP contribution is -2.50. The summed E-state index contributed by atoms with van der Waals surface area (Å²) in [6.07, 6.45) is 0. The summed E-state index contributed by atoms with van der Waals surface area (Å²) in [4.78, 5) is 13.0. The molecule has 1 unspecified atom stereocenters. The van der Waals surface area contributed by atoms with Crippen molar-refractivity contribution in [3.63, 3.8) is 0 Å². The molecule has 4 N–H and O–H groups in total. The van der Waals surface area contributed by atoms with Crippen LogP contribution in [0.5, 0.6) is 0 Å². The van der Waals surface area contributed by atoms with Crippen LogP contribution in [0.25, 0.3) is 0 Å². The van der Waals surface area contributed by atoms with Gasteiger partial charge < -0.3 is 21.1 Å². The van der Waals surface area contributed by atoms with Crippen LogP contribution in [0.4, 0.5) is 0 Å². The molecule has 0 bridgehead atoms. The lowest BCUT2D eigenvalue weighted by molar-refractivity contribution is -0.123. The normalized spacial score (nSPS) is 17.6. The van der Waals surface area contributed by atoms with Gasteiger partial charge in [0.05, 0.1) is 11.6 Å². The molecule has 84 valence electrons. The number of nitrogens with two attached hydrogens (primary N) is 1. The minimum absolute atomic E-state index is 0.214. The van der Waals surface area contributed by atoms with Gasteiger partial charge in [0.25, 0.3) is 0 Å². The van der Waals surface area contributed by atoms with Crippen LogP contribution in [-0.4, -0.2) is 54.7 Å². The van der Waals surface area contributed by atoms with E-state index in [0.29, 0.717) is 6.54 Å². The fourth-order valence-corrected chi connectivity index (χ4v) is 1.18. The van der Waals surface area contributed by atoms with Crippen LogP contribution in [0.2, 0.25) is 0 Å². The Morgan fingerprint density at radius 2 is 2.14 bits per heavy atom. The Bertz CT molecular complexity index is 190. The Balaban J connectivity index is 3.92. The van der Waals surface area contributed by atoms with Gasteiger partial charge in [-0.15, -0.1) is 0 Å². The van der Waals surface area contributed by atoms with E-state index in [9.17, 15) is 9.90 Å². The second-order valence-corrected chi connectivity index (χ2v) is 4.24. The first-order valence-electron chi connectivity index (χ1n) is 4.65. The molecule has 0 aromatic heterocycles. The van der Waals surface area contributed by atoms with E-state index < -0.39 is 11.6 Å². The van der Waals surface area contributed by atoms with Gasteiger partial charge in [-0.05, 0) is 27.9 Å². The van der Waals surface area contributed by atoms with Gasteiger partial charge in [0.1, 0.15) is 0 Å². The van der Waals surface area contributed by atoms with Gasteiger partial charge in [0, 0.05) is 13.1 Å². The van der Waals surface area contributed by atoms with Gasteiger partial charge in [-0.3, -0.25) is 4.79 Å². The van der Waals surface area contributed by atoms with E-state index in [1.54, 1.807) is 13.8 Å². The first-order chi connectivity index (χ1) is 6.24. The van der Waals surface area contributed by atoms with Gasteiger partial charge in [0.2, 0.25) is 5.91 Å². The summed E-state index contributed by atoms with van der Waals surface area (Å²) >= 11 is 0. The monoisotopic (exact) mass is 203 g/mol. The predicted molar refractivity (Wildman–Crippen MR) is 55.8 cm³/mol. The highest BCUT2D eigenvalue weighted by Gasteiger charge is 2.22. The fourth-order valence-electron chi connectivity index (χ4n) is 1.18. The summed E-state index contributed by atoms with van der Waals surface area (Å²) in [6, 6.07) is -0.537. The van der Waals surface area contributed by atoms with E-state index in [0.717, 1.165) is 0 Å². The van der Waals surface area contributed by atoms with E-state index in [1.807, 2.05) is 19.0 Å². The maximum atomic E-state index is 11.1. The molecule has 0 radical (unpaired) electrons. The van der Waals surface area contributed by atoms with Gasteiger partial charge in [-0.1, -0.05) is 0 Å². The number of carbonyl (C=O) groups is 1. The third-order valence-electron chi connectivity index (χ3n) is 1.71. The predicted octanol–water partition coefficient (Wildman–Crippen LogP) is -1.24. The van der Waals surface area contributed by atoms with Gasteiger partial charge in [-0.25, -0.2) is 0 Å². The lowest BCUT2D eigenvalue weighted by Gasteiger charge is -2.27. The Morgan fingerprint density at radius 3 is 2.50 bits per heavy atom. The zero-order chi connectivity index (χ0) is 11.4. The summed E-state index contributed by atoms with van der Waals surface area (Å²) in [5, 5.41) is 12.4. The molecular weight excluding hydrogens is 182 g/mol. The molecule has 0 saturated heterocycles. The molecule has 0 saturated carbocycles. The van der Waals surface area contributed by atoms with Crippen molar-refractivity contribution in [1.82, 2.24) is 10.2 Å². The summed E-state index contributed by atoms with van der Waals surface area (Å²) < 4.78 is 0. The first-order valence-corrected chi connectivity index (χ1v) is 4.65. The summed E-state index contributed by atoms with van der Waals surface area (Å²) in [7, 11) is 3.73. The van der Waals surface area contributed by atoms with Crippen molar-refractivity contribution in [2.24, 2.45) is 5.73 Å². The fraction of sp³-hybridized carbons (Fsp3) is 0.889. The van der Waals surface area contributed by atoms with Crippen LogP contribution in [0.3, 0.4) is 0 Å². The Morgan fingerprint density at radius 1 is 1.64 bits per heavy atom. The van der Waals surface area contributed by atoms with Crippen LogP contribution < -0.4 is 11.1 Å². The second kappa shape index (κ2) is 5.29. The van der Waals surface area contributed by atoms with Crippen LogP contribution in [-0.2, 0) is 4.79 Å². The molecule has 5 heteroatoms. The van der Waals surface area contributed by atoms with E-state index in [1.165, 1.54) is 0 Å². The maximum Gasteiger partial charge on any atom is 0.236 e. The molecule has 0 rings (SSSR count). The quantitative estimate of drug-likeness (QED) is 0.522. The van der Waals surface area contributed by atoms with Crippen molar-refractivity contribution in [3.05, 3.63) is 0 Å². The van der Waals surface area contributed by atoms with Crippen molar-refractivity contribution >= 4 is 5.91 Å². The highest BCUT2D eigenvalue weighted by atomic mass is 16.3. The SMILES string of the molecule is C[C@@H](N)C(=O)NCC(C)(O)CN(C)C. The van der Waals surface area contributed by atoms with Crippen molar-refractivity contribution in [3.8, 4) is 0 Å². The van der Waals surface area contributed by atoms with Gasteiger partial charge in [0.15, 0.2) is 0 Å². The number of nitrogens with zero attached hydrogens (tertiary/aromatic N) is 1. The zero-order valence-corrected chi connectivity index (χ0v) is 9.37. The van der Waals surface area contributed by atoms with Gasteiger partial charge >= 0.3 is 0 Å². The Kier molecular flexibility index (Phi) is 5.04. The van der Waals surface area contributed by atoms with Crippen molar-refractivity contribution < 1.29 is 9.90 Å². The van der Waals surface area contributed by atoms with Crippen molar-refractivity contribution in [2.45, 2.75) is 25.5 Å². The largest absolute Gasteiger partial charge is 0.387 e. The average Bonchev–Trinajstić information content (AvgIpc) is 1.97. The minimum atomic E-state index is -0.923. The number of carbonyl (C=O) groups excluding carboxylic acids is 1. The Labute approximate surface area is 85.3 Å². The molecule has 0 spiro atoms. The molecule has 1 amide bonds. The van der Waals surface area contributed by atoms with Crippen LogP contribution >= 0.6 is 0 Å². The topological polar surface area (TPSA) is 78.6 Å². The number of hydrogen-bond donors (Lipinski definition) is 3. The molecule has 0 heterocycles. The third-order valence-corrected chi connectivity index (χ3v) is 1.71. The molecule has 0 aromatic rings. The first kappa shape index (κ1) is 13.4. The summed E-state index contributed by atoms with van der Waals surface area (Å²) in [5.74, 6) is -0.246. The Hall–Kier alpha value is -0.650.